The zero-order valence-corrected chi connectivity index (χ0v) is 10.3. The lowest BCUT2D eigenvalue weighted by Crippen LogP contribution is -2.19. The smallest absolute Gasteiger partial charge is 0.323 e. The lowest BCUT2D eigenvalue weighted by atomic mass is 10.1. The molecule has 0 saturated carbocycles. The van der Waals surface area contributed by atoms with Crippen molar-refractivity contribution in [3.05, 3.63) is 5.82 Å². The zero-order chi connectivity index (χ0) is 12.9. The molecule has 6 heteroatoms. The minimum Gasteiger partial charge on any atom is -0.467 e. The van der Waals surface area contributed by atoms with Gasteiger partial charge in [0.15, 0.2) is 0 Å². The molecular weight excluding hydrogens is 222 g/mol. The normalized spacial score (nSPS) is 13.2. The number of nitrogens with zero attached hydrogens (tertiary/aromatic N) is 3. The fourth-order valence-electron chi connectivity index (χ4n) is 0.855. The van der Waals surface area contributed by atoms with Gasteiger partial charge in [-0.05, 0) is 19.3 Å². The molecule has 0 aliphatic carbocycles. The number of methoxy groups -OCH3 is 2. The molecule has 0 fully saturated rings. The van der Waals surface area contributed by atoms with Crippen LogP contribution in [0.5, 0.6) is 12.0 Å². The fourth-order valence-corrected chi connectivity index (χ4v) is 0.855. The number of hydrogen-bond acceptors (Lipinski definition) is 6. The van der Waals surface area contributed by atoms with Crippen molar-refractivity contribution >= 4 is 0 Å². The Hall–Kier alpha value is -1.87. The summed E-state index contributed by atoms with van der Waals surface area (Å²) >= 11 is 0. The van der Waals surface area contributed by atoms with Gasteiger partial charge in [-0.2, -0.15) is 9.97 Å². The molecule has 0 aromatic carbocycles. The maximum atomic E-state index is 9.73. The summed E-state index contributed by atoms with van der Waals surface area (Å²) in [5, 5.41) is 9.73. The van der Waals surface area contributed by atoms with E-state index in [1.807, 2.05) is 6.92 Å². The van der Waals surface area contributed by atoms with E-state index in [0.29, 0.717) is 6.42 Å². The van der Waals surface area contributed by atoms with Gasteiger partial charge in [0.1, 0.15) is 5.60 Å². The standard InChI is InChI=1S/C11H15N3O3/c1-5-11(2,15)7-6-8-12-9(16-3)14-10(13-8)17-4/h15H,5H2,1-4H3. The van der Waals surface area contributed by atoms with Crippen LogP contribution in [0.3, 0.4) is 0 Å². The summed E-state index contributed by atoms with van der Waals surface area (Å²) in [6.07, 6.45) is 0.513. The maximum absolute atomic E-state index is 9.73. The molecule has 1 atom stereocenters. The van der Waals surface area contributed by atoms with Crippen molar-refractivity contribution < 1.29 is 14.6 Å². The van der Waals surface area contributed by atoms with Gasteiger partial charge in [-0.3, -0.25) is 0 Å². The second-order valence-electron chi connectivity index (χ2n) is 3.51. The Bertz CT molecular complexity index is 427. The Morgan fingerprint density at radius 2 is 1.71 bits per heavy atom. The molecule has 6 nitrogen and oxygen atoms in total. The molecule has 0 bridgehead atoms. The quantitative estimate of drug-likeness (QED) is 0.767. The van der Waals surface area contributed by atoms with Crippen molar-refractivity contribution in [2.45, 2.75) is 25.9 Å². The van der Waals surface area contributed by atoms with Crippen molar-refractivity contribution in [3.8, 4) is 23.9 Å². The second-order valence-corrected chi connectivity index (χ2v) is 3.51. The Labute approximate surface area is 100 Å². The summed E-state index contributed by atoms with van der Waals surface area (Å²) in [5.74, 6) is 5.53. The lowest BCUT2D eigenvalue weighted by molar-refractivity contribution is 0.118. The summed E-state index contributed by atoms with van der Waals surface area (Å²) in [6, 6.07) is 0.245. The number of aromatic nitrogens is 3. The first kappa shape index (κ1) is 13.2. The summed E-state index contributed by atoms with van der Waals surface area (Å²) < 4.78 is 9.77. The van der Waals surface area contributed by atoms with Gasteiger partial charge >= 0.3 is 12.0 Å². The molecule has 1 unspecified atom stereocenters. The minimum absolute atomic E-state index is 0.122. The number of aliphatic hydroxyl groups is 1. The second kappa shape index (κ2) is 5.46. The van der Waals surface area contributed by atoms with Gasteiger partial charge in [-0.15, -0.1) is 4.98 Å². The summed E-state index contributed by atoms with van der Waals surface area (Å²) in [7, 11) is 2.88. The Kier molecular flexibility index (Phi) is 4.24. The first-order valence-electron chi connectivity index (χ1n) is 5.10. The third-order valence-corrected chi connectivity index (χ3v) is 2.09. The van der Waals surface area contributed by atoms with Crippen LogP contribution in [0.1, 0.15) is 26.1 Å². The van der Waals surface area contributed by atoms with Gasteiger partial charge in [0.25, 0.3) is 0 Å². The van der Waals surface area contributed by atoms with Crippen molar-refractivity contribution in [2.75, 3.05) is 14.2 Å². The predicted octanol–water partition coefficient (Wildman–Crippen LogP) is 0.401. The largest absolute Gasteiger partial charge is 0.467 e. The monoisotopic (exact) mass is 237 g/mol. The number of hydrogen-bond donors (Lipinski definition) is 1. The van der Waals surface area contributed by atoms with E-state index >= 15 is 0 Å². The van der Waals surface area contributed by atoms with E-state index in [4.69, 9.17) is 9.47 Å². The van der Waals surface area contributed by atoms with E-state index in [9.17, 15) is 5.11 Å². The molecule has 0 spiro atoms. The molecule has 0 radical (unpaired) electrons. The third-order valence-electron chi connectivity index (χ3n) is 2.09. The van der Waals surface area contributed by atoms with Crippen LogP contribution in [0, 0.1) is 11.8 Å². The lowest BCUT2D eigenvalue weighted by Gasteiger charge is -2.11. The molecule has 0 saturated heterocycles. The SMILES string of the molecule is CCC(C)(O)C#Cc1nc(OC)nc(OC)n1. The zero-order valence-electron chi connectivity index (χ0n) is 10.3. The van der Waals surface area contributed by atoms with Crippen molar-refractivity contribution in [2.24, 2.45) is 0 Å². The Balaban J connectivity index is 3.06. The molecule has 0 amide bonds. The molecule has 0 aliphatic heterocycles. The van der Waals surface area contributed by atoms with Gasteiger partial charge in [0, 0.05) is 0 Å². The van der Waals surface area contributed by atoms with Gasteiger partial charge in [0.05, 0.1) is 14.2 Å². The highest BCUT2D eigenvalue weighted by Crippen LogP contribution is 2.09. The van der Waals surface area contributed by atoms with Gasteiger partial charge in [0.2, 0.25) is 5.82 Å². The predicted molar refractivity (Wildman–Crippen MR) is 60.7 cm³/mol. The van der Waals surface area contributed by atoms with E-state index in [2.05, 4.69) is 26.8 Å². The van der Waals surface area contributed by atoms with E-state index in [-0.39, 0.29) is 17.8 Å². The van der Waals surface area contributed by atoms with E-state index in [1.165, 1.54) is 14.2 Å². The van der Waals surface area contributed by atoms with E-state index < -0.39 is 5.60 Å². The highest BCUT2D eigenvalue weighted by Gasteiger charge is 2.13. The van der Waals surface area contributed by atoms with Crippen LogP contribution in [0.15, 0.2) is 0 Å². The van der Waals surface area contributed by atoms with Crippen LogP contribution in [0.4, 0.5) is 0 Å². The van der Waals surface area contributed by atoms with Crippen LogP contribution in [0.2, 0.25) is 0 Å². The molecule has 17 heavy (non-hydrogen) atoms. The van der Waals surface area contributed by atoms with Crippen LogP contribution in [-0.4, -0.2) is 39.9 Å². The van der Waals surface area contributed by atoms with Gasteiger partial charge in [-0.25, -0.2) is 0 Å². The molecule has 1 aromatic rings. The summed E-state index contributed by atoms with van der Waals surface area (Å²) in [6.45, 7) is 3.46. The molecule has 92 valence electrons. The molecule has 1 N–H and O–H groups in total. The van der Waals surface area contributed by atoms with Crippen LogP contribution < -0.4 is 9.47 Å². The highest BCUT2D eigenvalue weighted by atomic mass is 16.5. The molecule has 1 rings (SSSR count). The van der Waals surface area contributed by atoms with Crippen LogP contribution in [0.25, 0.3) is 0 Å². The topological polar surface area (TPSA) is 77.4 Å². The van der Waals surface area contributed by atoms with E-state index in [0.717, 1.165) is 0 Å². The molecular formula is C11H15N3O3. The van der Waals surface area contributed by atoms with Crippen LogP contribution >= 0.6 is 0 Å². The molecule has 1 aromatic heterocycles. The van der Waals surface area contributed by atoms with Crippen molar-refractivity contribution in [1.82, 2.24) is 15.0 Å². The first-order chi connectivity index (χ1) is 8.00. The summed E-state index contributed by atoms with van der Waals surface area (Å²) in [5.41, 5.74) is -1.06. The average Bonchev–Trinajstić information content (AvgIpc) is 2.36. The third kappa shape index (κ3) is 3.89. The average molecular weight is 237 g/mol. The number of rotatable bonds is 3. The van der Waals surface area contributed by atoms with Crippen molar-refractivity contribution in [3.63, 3.8) is 0 Å². The first-order valence-corrected chi connectivity index (χ1v) is 5.10. The summed E-state index contributed by atoms with van der Waals surface area (Å²) in [4.78, 5) is 11.7. The number of ether oxygens (including phenoxy) is 2. The molecule has 0 aliphatic rings. The Morgan fingerprint density at radius 1 is 1.18 bits per heavy atom. The van der Waals surface area contributed by atoms with Crippen molar-refractivity contribution in [1.29, 1.82) is 0 Å². The van der Waals surface area contributed by atoms with E-state index in [1.54, 1.807) is 6.92 Å². The fraction of sp³-hybridized carbons (Fsp3) is 0.545. The Morgan fingerprint density at radius 3 is 2.12 bits per heavy atom. The highest BCUT2D eigenvalue weighted by molar-refractivity contribution is 5.26. The molecule has 1 heterocycles. The van der Waals surface area contributed by atoms with Crippen LogP contribution in [-0.2, 0) is 0 Å². The van der Waals surface area contributed by atoms with Gasteiger partial charge in [-0.1, -0.05) is 12.8 Å². The maximum Gasteiger partial charge on any atom is 0.323 e. The minimum atomic E-state index is -1.06. The van der Waals surface area contributed by atoms with Gasteiger partial charge < -0.3 is 14.6 Å².